The number of hydrogen-bond donors (Lipinski definition) is 1. The van der Waals surface area contributed by atoms with Crippen molar-refractivity contribution < 1.29 is 5.11 Å². The van der Waals surface area contributed by atoms with E-state index in [0.29, 0.717) is 6.54 Å². The van der Waals surface area contributed by atoms with Gasteiger partial charge in [0.25, 0.3) is 0 Å². The molecule has 14 heavy (non-hydrogen) atoms. The Kier molecular flexibility index (Phi) is 3.49. The summed E-state index contributed by atoms with van der Waals surface area (Å²) in [5, 5.41) is 9.37. The number of pyridine rings is 1. The summed E-state index contributed by atoms with van der Waals surface area (Å²) in [5.74, 6) is 3.32. The van der Waals surface area contributed by atoms with E-state index in [1.54, 1.807) is 19.2 Å². The Bertz CT molecular complexity index is 341. The van der Waals surface area contributed by atoms with Crippen LogP contribution in [0.5, 0.6) is 0 Å². The van der Waals surface area contributed by atoms with Gasteiger partial charge in [0.05, 0.1) is 12.6 Å². The molecule has 1 heterocycles. The molecule has 1 aromatic rings. The maximum Gasteiger partial charge on any atom is 0.129 e. The standard InChI is InChI=1S/C11H14N2O/c1-4-7-13(3)11-8-10(9(2)14)5-6-12-11/h1,5-6,8-9,14H,7H2,2-3H3. The number of terminal acetylenes is 1. The Hall–Kier alpha value is -1.53. The van der Waals surface area contributed by atoms with E-state index in [0.717, 1.165) is 11.4 Å². The van der Waals surface area contributed by atoms with Gasteiger partial charge in [-0.1, -0.05) is 5.92 Å². The molecule has 0 spiro atoms. The lowest BCUT2D eigenvalue weighted by Crippen LogP contribution is -2.18. The number of aromatic nitrogens is 1. The molecule has 0 saturated heterocycles. The predicted octanol–water partition coefficient (Wildman–Crippen LogP) is 1.20. The van der Waals surface area contributed by atoms with Gasteiger partial charge in [0, 0.05) is 13.2 Å². The second-order valence-corrected chi connectivity index (χ2v) is 3.18. The van der Waals surface area contributed by atoms with Gasteiger partial charge in [0.1, 0.15) is 5.82 Å². The smallest absolute Gasteiger partial charge is 0.129 e. The summed E-state index contributed by atoms with van der Waals surface area (Å²) in [5.41, 5.74) is 0.846. The van der Waals surface area contributed by atoms with Crippen molar-refractivity contribution in [3.8, 4) is 12.3 Å². The summed E-state index contributed by atoms with van der Waals surface area (Å²) in [6.45, 7) is 2.23. The molecular weight excluding hydrogens is 176 g/mol. The van der Waals surface area contributed by atoms with Crippen molar-refractivity contribution >= 4 is 5.82 Å². The molecule has 0 aliphatic rings. The summed E-state index contributed by atoms with van der Waals surface area (Å²) < 4.78 is 0. The maximum atomic E-state index is 9.37. The second kappa shape index (κ2) is 4.64. The van der Waals surface area contributed by atoms with Crippen molar-refractivity contribution in [1.82, 2.24) is 4.98 Å². The summed E-state index contributed by atoms with van der Waals surface area (Å²) >= 11 is 0. The van der Waals surface area contributed by atoms with Crippen LogP contribution in [-0.2, 0) is 0 Å². The van der Waals surface area contributed by atoms with Gasteiger partial charge in [-0.2, -0.15) is 0 Å². The summed E-state index contributed by atoms with van der Waals surface area (Å²) in [7, 11) is 1.87. The first kappa shape index (κ1) is 10.6. The monoisotopic (exact) mass is 190 g/mol. The second-order valence-electron chi connectivity index (χ2n) is 3.18. The average molecular weight is 190 g/mol. The number of aliphatic hydroxyl groups excluding tert-OH is 1. The number of anilines is 1. The lowest BCUT2D eigenvalue weighted by Gasteiger charge is -2.16. The van der Waals surface area contributed by atoms with E-state index in [2.05, 4.69) is 10.9 Å². The highest BCUT2D eigenvalue weighted by molar-refractivity contribution is 5.41. The quantitative estimate of drug-likeness (QED) is 0.728. The lowest BCUT2D eigenvalue weighted by atomic mass is 10.2. The minimum atomic E-state index is -0.476. The van der Waals surface area contributed by atoms with E-state index >= 15 is 0 Å². The van der Waals surface area contributed by atoms with Crippen LogP contribution >= 0.6 is 0 Å². The van der Waals surface area contributed by atoms with Crippen molar-refractivity contribution in [2.24, 2.45) is 0 Å². The summed E-state index contributed by atoms with van der Waals surface area (Å²) in [6, 6.07) is 3.62. The molecule has 0 aliphatic carbocycles. The molecule has 74 valence electrons. The minimum Gasteiger partial charge on any atom is -0.389 e. The molecule has 0 radical (unpaired) electrons. The van der Waals surface area contributed by atoms with Crippen LogP contribution in [0.15, 0.2) is 18.3 Å². The lowest BCUT2D eigenvalue weighted by molar-refractivity contribution is 0.199. The van der Waals surface area contributed by atoms with Gasteiger partial charge >= 0.3 is 0 Å². The molecule has 0 aromatic carbocycles. The number of hydrogen-bond acceptors (Lipinski definition) is 3. The van der Waals surface area contributed by atoms with Crippen molar-refractivity contribution in [1.29, 1.82) is 0 Å². The van der Waals surface area contributed by atoms with E-state index in [1.165, 1.54) is 0 Å². The molecule has 0 bridgehead atoms. The summed E-state index contributed by atoms with van der Waals surface area (Å²) in [6.07, 6.45) is 6.39. The largest absolute Gasteiger partial charge is 0.389 e. The summed E-state index contributed by atoms with van der Waals surface area (Å²) in [4.78, 5) is 6.01. The Morgan fingerprint density at radius 2 is 2.43 bits per heavy atom. The van der Waals surface area contributed by atoms with Crippen molar-refractivity contribution in [2.75, 3.05) is 18.5 Å². The Labute approximate surface area is 84.4 Å². The van der Waals surface area contributed by atoms with Gasteiger partial charge in [-0.15, -0.1) is 6.42 Å². The fourth-order valence-corrected chi connectivity index (χ4v) is 1.12. The van der Waals surface area contributed by atoms with E-state index in [1.807, 2.05) is 18.0 Å². The molecule has 3 nitrogen and oxygen atoms in total. The molecule has 0 amide bonds. The molecule has 0 saturated carbocycles. The van der Waals surface area contributed by atoms with E-state index < -0.39 is 6.10 Å². The van der Waals surface area contributed by atoms with Gasteiger partial charge in [0.2, 0.25) is 0 Å². The van der Waals surface area contributed by atoms with Gasteiger partial charge in [-0.3, -0.25) is 0 Å². The van der Waals surface area contributed by atoms with E-state index in [9.17, 15) is 5.11 Å². The van der Waals surface area contributed by atoms with Crippen LogP contribution < -0.4 is 4.90 Å². The third-order valence-corrected chi connectivity index (χ3v) is 1.97. The molecule has 1 N–H and O–H groups in total. The first-order valence-electron chi connectivity index (χ1n) is 4.43. The molecule has 0 fully saturated rings. The minimum absolute atomic E-state index is 0.476. The SMILES string of the molecule is C#CCN(C)c1cc(C(C)O)ccn1. The molecule has 3 heteroatoms. The number of nitrogens with zero attached hydrogens (tertiary/aromatic N) is 2. The first-order valence-corrected chi connectivity index (χ1v) is 4.43. The van der Waals surface area contributed by atoms with Crippen LogP contribution in [0.1, 0.15) is 18.6 Å². The van der Waals surface area contributed by atoms with Crippen molar-refractivity contribution in [3.05, 3.63) is 23.9 Å². The van der Waals surface area contributed by atoms with Crippen LogP contribution in [0, 0.1) is 12.3 Å². The van der Waals surface area contributed by atoms with Crippen LogP contribution in [0.2, 0.25) is 0 Å². The fraction of sp³-hybridized carbons (Fsp3) is 0.364. The highest BCUT2D eigenvalue weighted by atomic mass is 16.3. The van der Waals surface area contributed by atoms with Gasteiger partial charge in [-0.05, 0) is 24.6 Å². The Balaban J connectivity index is 2.89. The molecule has 1 rings (SSSR count). The topological polar surface area (TPSA) is 36.4 Å². The molecule has 0 aliphatic heterocycles. The fourth-order valence-electron chi connectivity index (χ4n) is 1.12. The zero-order valence-corrected chi connectivity index (χ0v) is 8.44. The normalized spacial score (nSPS) is 11.9. The predicted molar refractivity (Wildman–Crippen MR) is 57.0 cm³/mol. The average Bonchev–Trinajstić information content (AvgIpc) is 2.18. The highest BCUT2D eigenvalue weighted by Gasteiger charge is 2.04. The first-order chi connectivity index (χ1) is 6.65. The van der Waals surface area contributed by atoms with Gasteiger partial charge < -0.3 is 10.0 Å². The van der Waals surface area contributed by atoms with Gasteiger partial charge in [-0.25, -0.2) is 4.98 Å². The third kappa shape index (κ3) is 2.48. The van der Waals surface area contributed by atoms with E-state index in [4.69, 9.17) is 6.42 Å². The number of aliphatic hydroxyl groups is 1. The zero-order chi connectivity index (χ0) is 10.6. The van der Waals surface area contributed by atoms with Crippen LogP contribution in [0.4, 0.5) is 5.82 Å². The van der Waals surface area contributed by atoms with Gasteiger partial charge in [0.15, 0.2) is 0 Å². The number of rotatable bonds is 3. The zero-order valence-electron chi connectivity index (χ0n) is 8.44. The molecular formula is C11H14N2O. The van der Waals surface area contributed by atoms with Crippen LogP contribution in [0.3, 0.4) is 0 Å². The Morgan fingerprint density at radius 3 is 3.00 bits per heavy atom. The molecule has 1 aromatic heterocycles. The van der Waals surface area contributed by atoms with Crippen molar-refractivity contribution in [2.45, 2.75) is 13.0 Å². The maximum absolute atomic E-state index is 9.37. The van der Waals surface area contributed by atoms with Crippen LogP contribution in [-0.4, -0.2) is 23.7 Å². The molecule has 1 atom stereocenters. The third-order valence-electron chi connectivity index (χ3n) is 1.97. The van der Waals surface area contributed by atoms with E-state index in [-0.39, 0.29) is 0 Å². The highest BCUT2D eigenvalue weighted by Crippen LogP contribution is 2.16. The van der Waals surface area contributed by atoms with Crippen molar-refractivity contribution in [3.63, 3.8) is 0 Å². The van der Waals surface area contributed by atoms with Crippen LogP contribution in [0.25, 0.3) is 0 Å². The molecule has 1 unspecified atom stereocenters. The Morgan fingerprint density at radius 1 is 1.71 bits per heavy atom.